The molecule has 10 nitrogen and oxygen atoms in total. The van der Waals surface area contributed by atoms with Crippen LogP contribution in [0.25, 0.3) is 0 Å². The van der Waals surface area contributed by atoms with Crippen molar-refractivity contribution in [3.05, 3.63) is 78.4 Å². The molecule has 0 unspecified atom stereocenters. The molecule has 0 spiro atoms. The maximum absolute atomic E-state index is 12.6. The molecule has 0 aliphatic carbocycles. The van der Waals surface area contributed by atoms with Crippen LogP contribution in [-0.2, 0) is 35.0 Å². The van der Waals surface area contributed by atoms with Crippen molar-refractivity contribution < 1.29 is 47.6 Å². The third-order valence-electron chi connectivity index (χ3n) is 5.59. The van der Waals surface area contributed by atoms with E-state index in [0.29, 0.717) is 68.3 Å². The lowest BCUT2D eigenvalue weighted by atomic mass is 10.1. The lowest BCUT2D eigenvalue weighted by molar-refractivity contribution is -0.144. The van der Waals surface area contributed by atoms with E-state index in [1.165, 1.54) is 7.11 Å². The van der Waals surface area contributed by atoms with Gasteiger partial charge in [-0.1, -0.05) is 20.1 Å². The van der Waals surface area contributed by atoms with Gasteiger partial charge in [0.15, 0.2) is 0 Å². The van der Waals surface area contributed by atoms with E-state index in [2.05, 4.69) is 17.9 Å². The van der Waals surface area contributed by atoms with Gasteiger partial charge in [0.25, 0.3) is 0 Å². The first-order chi connectivity index (χ1) is 19.8. The Morgan fingerprint density at radius 1 is 0.829 bits per heavy atom. The number of carbonyl (C=O) groups excluding carboxylic acids is 4. The summed E-state index contributed by atoms with van der Waals surface area (Å²) in [5, 5.41) is 0. The van der Waals surface area contributed by atoms with E-state index in [1.807, 2.05) is 6.92 Å². The van der Waals surface area contributed by atoms with E-state index >= 15 is 0 Å². The Kier molecular flexibility index (Phi) is 14.2. The summed E-state index contributed by atoms with van der Waals surface area (Å²) >= 11 is 0. The molecule has 2 rings (SSSR count). The van der Waals surface area contributed by atoms with E-state index in [4.69, 9.17) is 23.7 Å². The lowest BCUT2D eigenvalue weighted by Gasteiger charge is -2.13. The fourth-order valence-corrected chi connectivity index (χ4v) is 3.34. The van der Waals surface area contributed by atoms with Crippen molar-refractivity contribution in [2.75, 3.05) is 33.5 Å². The topological polar surface area (TPSA) is 124 Å². The maximum Gasteiger partial charge on any atom is 0.343 e. The predicted molar refractivity (Wildman–Crippen MR) is 150 cm³/mol. The molecule has 0 bridgehead atoms. The second-order valence-corrected chi connectivity index (χ2v) is 8.66. The molecule has 41 heavy (non-hydrogen) atoms. The Labute approximate surface area is 239 Å². The molecule has 0 fully saturated rings. The summed E-state index contributed by atoms with van der Waals surface area (Å²) in [6, 6.07) is 11.7. The number of unbranched alkanes of at least 4 members (excludes halogenated alkanes) is 1. The highest BCUT2D eigenvalue weighted by atomic mass is 16.5. The van der Waals surface area contributed by atoms with Crippen molar-refractivity contribution in [2.45, 2.75) is 39.0 Å². The smallest absolute Gasteiger partial charge is 0.343 e. The molecule has 0 aliphatic heterocycles. The third kappa shape index (κ3) is 12.0. The fraction of sp³-hybridized carbons (Fsp3) is 0.355. The molecular weight excluding hydrogens is 532 g/mol. The molecule has 0 N–H and O–H groups in total. The molecule has 220 valence electrons. The Morgan fingerprint density at radius 2 is 1.49 bits per heavy atom. The molecule has 2 aromatic carbocycles. The second-order valence-electron chi connectivity index (χ2n) is 8.66. The Hall–Kier alpha value is -4.60. The van der Waals surface area contributed by atoms with Gasteiger partial charge < -0.3 is 28.4 Å². The van der Waals surface area contributed by atoms with Crippen molar-refractivity contribution in [2.24, 2.45) is 0 Å². The predicted octanol–water partition coefficient (Wildman–Crippen LogP) is 4.79. The number of carbonyl (C=O) groups is 4. The van der Waals surface area contributed by atoms with Crippen molar-refractivity contribution in [3.8, 4) is 17.2 Å². The van der Waals surface area contributed by atoms with Crippen molar-refractivity contribution in [3.63, 3.8) is 0 Å². The van der Waals surface area contributed by atoms with E-state index < -0.39 is 23.9 Å². The molecule has 10 heteroatoms. The van der Waals surface area contributed by atoms with Gasteiger partial charge in [-0.05, 0) is 67.3 Å². The molecular formula is C31H36O10. The van der Waals surface area contributed by atoms with Crippen LogP contribution < -0.4 is 14.2 Å². The Morgan fingerprint density at radius 3 is 2.17 bits per heavy atom. The molecule has 0 atom stereocenters. The van der Waals surface area contributed by atoms with E-state index in [9.17, 15) is 19.2 Å². The van der Waals surface area contributed by atoms with Crippen LogP contribution in [0.15, 0.2) is 67.3 Å². The molecule has 0 aliphatic rings. The molecule has 0 heterocycles. The van der Waals surface area contributed by atoms with Gasteiger partial charge in [-0.3, -0.25) is 4.79 Å². The number of rotatable bonds is 18. The number of methoxy groups -OCH3 is 1. The summed E-state index contributed by atoms with van der Waals surface area (Å²) in [4.78, 5) is 46.7. The van der Waals surface area contributed by atoms with Gasteiger partial charge in [0.05, 0.1) is 45.5 Å². The van der Waals surface area contributed by atoms with Gasteiger partial charge in [0, 0.05) is 18.1 Å². The van der Waals surface area contributed by atoms with Gasteiger partial charge in [-0.15, -0.1) is 0 Å². The van der Waals surface area contributed by atoms with Crippen LogP contribution in [0.2, 0.25) is 0 Å². The molecule has 0 aromatic heterocycles. The molecule has 0 saturated carbocycles. The van der Waals surface area contributed by atoms with Crippen LogP contribution in [0, 0.1) is 0 Å². The summed E-state index contributed by atoms with van der Waals surface area (Å²) < 4.78 is 31.5. The number of aryl methyl sites for hydroxylation is 1. The Balaban J connectivity index is 1.76. The van der Waals surface area contributed by atoms with Crippen LogP contribution in [0.5, 0.6) is 17.2 Å². The zero-order chi connectivity index (χ0) is 30.0. The van der Waals surface area contributed by atoms with Crippen LogP contribution in [0.3, 0.4) is 0 Å². The first-order valence-electron chi connectivity index (χ1n) is 13.2. The second kappa shape index (κ2) is 17.9. The van der Waals surface area contributed by atoms with Gasteiger partial charge in [0.1, 0.15) is 17.2 Å². The Bertz CT molecular complexity index is 1200. The molecule has 2 aromatic rings. The monoisotopic (exact) mass is 568 g/mol. The van der Waals surface area contributed by atoms with Gasteiger partial charge in [-0.2, -0.15) is 0 Å². The number of hydrogen-bond acceptors (Lipinski definition) is 10. The molecule has 0 amide bonds. The van der Waals surface area contributed by atoms with Crippen LogP contribution in [0.1, 0.15) is 48.5 Å². The number of esters is 4. The minimum atomic E-state index is -0.654. The summed E-state index contributed by atoms with van der Waals surface area (Å²) in [6.45, 7) is 9.97. The van der Waals surface area contributed by atoms with Crippen LogP contribution in [0.4, 0.5) is 0 Å². The average Bonchev–Trinajstić information content (AvgIpc) is 2.98. The van der Waals surface area contributed by atoms with E-state index in [0.717, 1.165) is 11.6 Å². The summed E-state index contributed by atoms with van der Waals surface area (Å²) in [7, 11) is 1.23. The van der Waals surface area contributed by atoms with Crippen LogP contribution >= 0.6 is 0 Å². The number of ether oxygens (including phenoxy) is 6. The quantitative estimate of drug-likeness (QED) is 0.0815. The van der Waals surface area contributed by atoms with E-state index in [1.54, 1.807) is 42.5 Å². The minimum absolute atomic E-state index is 0.0258. The molecule has 0 radical (unpaired) electrons. The standard InChI is InChI=1S/C31H36O10/c1-5-23-21-26(14-15-27(23)38-18-9-19-40-30(34)22(3)20-29(33)36-4)41-31(35)24-10-12-25(13-11-24)37-16-7-8-17-39-28(32)6-2/h6,10-15,21H,2-3,5,7-9,16-20H2,1,4H3. The average molecular weight is 569 g/mol. The number of hydrogen-bond donors (Lipinski definition) is 0. The van der Waals surface area contributed by atoms with Gasteiger partial charge >= 0.3 is 23.9 Å². The fourth-order valence-electron chi connectivity index (χ4n) is 3.34. The SMILES string of the molecule is C=CC(=O)OCCCCOc1ccc(C(=O)Oc2ccc(OCCCOC(=O)C(=C)CC(=O)OC)c(CC)c2)cc1. The summed E-state index contributed by atoms with van der Waals surface area (Å²) in [5.41, 5.74) is 1.25. The maximum atomic E-state index is 12.6. The van der Waals surface area contributed by atoms with Crippen molar-refractivity contribution >= 4 is 23.9 Å². The van der Waals surface area contributed by atoms with Gasteiger partial charge in [0.2, 0.25) is 0 Å². The summed E-state index contributed by atoms with van der Waals surface area (Å²) in [6.07, 6.45) is 3.35. The third-order valence-corrected chi connectivity index (χ3v) is 5.59. The highest BCUT2D eigenvalue weighted by Gasteiger charge is 2.14. The zero-order valence-electron chi connectivity index (χ0n) is 23.5. The van der Waals surface area contributed by atoms with Crippen molar-refractivity contribution in [1.82, 2.24) is 0 Å². The lowest BCUT2D eigenvalue weighted by Crippen LogP contribution is -2.14. The number of benzene rings is 2. The normalized spacial score (nSPS) is 10.2. The molecule has 0 saturated heterocycles. The van der Waals surface area contributed by atoms with Gasteiger partial charge in [-0.25, -0.2) is 14.4 Å². The minimum Gasteiger partial charge on any atom is -0.494 e. The first kappa shape index (κ1) is 32.6. The van der Waals surface area contributed by atoms with E-state index in [-0.39, 0.29) is 18.6 Å². The largest absolute Gasteiger partial charge is 0.494 e. The highest BCUT2D eigenvalue weighted by Crippen LogP contribution is 2.26. The highest BCUT2D eigenvalue weighted by molar-refractivity contribution is 5.93. The van der Waals surface area contributed by atoms with Crippen LogP contribution in [-0.4, -0.2) is 57.4 Å². The first-order valence-corrected chi connectivity index (χ1v) is 13.2. The van der Waals surface area contributed by atoms with Crippen molar-refractivity contribution in [1.29, 1.82) is 0 Å². The zero-order valence-corrected chi connectivity index (χ0v) is 23.5. The summed E-state index contributed by atoms with van der Waals surface area (Å²) in [5.74, 6) is -0.539.